The molecule has 2 unspecified atom stereocenters. The van der Waals surface area contributed by atoms with Crippen LogP contribution in [0.4, 0.5) is 4.39 Å². The Hall–Kier alpha value is -0.370. The second-order valence-electron chi connectivity index (χ2n) is 5.60. The molecule has 0 bridgehead atoms. The van der Waals surface area contributed by atoms with Crippen molar-refractivity contribution < 1.29 is 4.39 Å². The molecule has 0 aliphatic heterocycles. The quantitative estimate of drug-likeness (QED) is 0.730. The van der Waals surface area contributed by atoms with Crippen LogP contribution in [0.2, 0.25) is 0 Å². The van der Waals surface area contributed by atoms with Gasteiger partial charge in [0, 0.05) is 5.33 Å². The first-order chi connectivity index (χ1) is 7.71. The van der Waals surface area contributed by atoms with Gasteiger partial charge in [0.05, 0.1) is 0 Å². The van der Waals surface area contributed by atoms with Crippen molar-refractivity contribution >= 4 is 15.9 Å². The van der Waals surface area contributed by atoms with E-state index in [9.17, 15) is 4.39 Å². The summed E-state index contributed by atoms with van der Waals surface area (Å²) in [7, 11) is 0. The summed E-state index contributed by atoms with van der Waals surface area (Å²) >= 11 is 3.66. The fourth-order valence-electron chi connectivity index (χ4n) is 3.39. The lowest BCUT2D eigenvalue weighted by atomic mass is 9.79. The maximum absolute atomic E-state index is 13.1. The van der Waals surface area contributed by atoms with E-state index in [1.54, 1.807) is 6.07 Å². The highest BCUT2D eigenvalue weighted by Gasteiger charge is 2.52. The van der Waals surface area contributed by atoms with Gasteiger partial charge in [-0.05, 0) is 60.6 Å². The minimum absolute atomic E-state index is 0.106. The topological polar surface area (TPSA) is 0 Å². The maximum Gasteiger partial charge on any atom is 0.123 e. The standard InChI is InChI=1S/C14H16BrF/c15-9-14(7-11-5-12(11)8-14)6-10-2-1-3-13(16)4-10/h1-4,11-12H,5-9H2. The fourth-order valence-corrected chi connectivity index (χ4v) is 4.04. The van der Waals surface area contributed by atoms with Gasteiger partial charge in [-0.2, -0.15) is 0 Å². The molecule has 0 nitrogen and oxygen atoms in total. The van der Waals surface area contributed by atoms with Gasteiger partial charge in [-0.25, -0.2) is 4.39 Å². The third kappa shape index (κ3) is 1.92. The molecule has 3 rings (SSSR count). The number of rotatable bonds is 3. The van der Waals surface area contributed by atoms with Crippen molar-refractivity contribution in [3.8, 4) is 0 Å². The van der Waals surface area contributed by atoms with Gasteiger partial charge in [0.1, 0.15) is 5.82 Å². The summed E-state index contributed by atoms with van der Waals surface area (Å²) in [5, 5.41) is 1.06. The minimum Gasteiger partial charge on any atom is -0.207 e. The Morgan fingerprint density at radius 3 is 2.69 bits per heavy atom. The van der Waals surface area contributed by atoms with E-state index >= 15 is 0 Å². The first-order valence-electron chi connectivity index (χ1n) is 6.01. The van der Waals surface area contributed by atoms with Gasteiger partial charge in [0.25, 0.3) is 0 Å². The van der Waals surface area contributed by atoms with Gasteiger partial charge in [-0.1, -0.05) is 28.1 Å². The first-order valence-corrected chi connectivity index (χ1v) is 7.13. The molecule has 2 saturated carbocycles. The Bertz CT molecular complexity index is 391. The molecule has 1 aromatic carbocycles. The zero-order valence-electron chi connectivity index (χ0n) is 9.26. The zero-order valence-corrected chi connectivity index (χ0v) is 10.8. The van der Waals surface area contributed by atoms with Gasteiger partial charge in [0.15, 0.2) is 0 Å². The fraction of sp³-hybridized carbons (Fsp3) is 0.571. The van der Waals surface area contributed by atoms with Crippen molar-refractivity contribution in [1.29, 1.82) is 0 Å². The number of hydrogen-bond donors (Lipinski definition) is 0. The van der Waals surface area contributed by atoms with E-state index in [0.717, 1.165) is 29.2 Å². The predicted octanol–water partition coefficient (Wildman–Crippen LogP) is 4.18. The molecule has 2 aliphatic carbocycles. The van der Waals surface area contributed by atoms with E-state index in [-0.39, 0.29) is 5.82 Å². The molecule has 2 aliphatic rings. The lowest BCUT2D eigenvalue weighted by Crippen LogP contribution is -2.23. The van der Waals surface area contributed by atoms with Crippen molar-refractivity contribution in [2.24, 2.45) is 17.3 Å². The van der Waals surface area contributed by atoms with Crippen LogP contribution in [-0.2, 0) is 6.42 Å². The van der Waals surface area contributed by atoms with Crippen molar-refractivity contribution in [3.05, 3.63) is 35.6 Å². The van der Waals surface area contributed by atoms with Gasteiger partial charge in [-0.3, -0.25) is 0 Å². The highest BCUT2D eigenvalue weighted by Crippen LogP contribution is 2.61. The summed E-state index contributed by atoms with van der Waals surface area (Å²) in [6.45, 7) is 0. The van der Waals surface area contributed by atoms with Gasteiger partial charge in [-0.15, -0.1) is 0 Å². The van der Waals surface area contributed by atoms with Crippen LogP contribution in [0.5, 0.6) is 0 Å². The van der Waals surface area contributed by atoms with Crippen molar-refractivity contribution in [3.63, 3.8) is 0 Å². The van der Waals surface area contributed by atoms with Crippen molar-refractivity contribution in [2.45, 2.75) is 25.7 Å². The molecule has 86 valence electrons. The molecule has 16 heavy (non-hydrogen) atoms. The maximum atomic E-state index is 13.1. The highest BCUT2D eigenvalue weighted by atomic mass is 79.9. The van der Waals surface area contributed by atoms with Crippen molar-refractivity contribution in [2.75, 3.05) is 5.33 Å². The van der Waals surface area contributed by atoms with Crippen LogP contribution in [0.15, 0.2) is 24.3 Å². The van der Waals surface area contributed by atoms with E-state index in [1.165, 1.54) is 25.3 Å². The van der Waals surface area contributed by atoms with Crippen LogP contribution < -0.4 is 0 Å². The molecular formula is C14H16BrF. The first kappa shape index (κ1) is 10.8. The highest BCUT2D eigenvalue weighted by molar-refractivity contribution is 9.09. The number of fused-ring (bicyclic) bond motifs is 1. The third-order valence-corrected chi connectivity index (χ3v) is 5.40. The summed E-state index contributed by atoms with van der Waals surface area (Å²) in [5.74, 6) is 1.85. The number of alkyl halides is 1. The molecule has 2 fully saturated rings. The SMILES string of the molecule is Fc1cccc(CC2(CBr)CC3CC3C2)c1. The molecule has 0 saturated heterocycles. The van der Waals surface area contributed by atoms with E-state index in [0.29, 0.717) is 5.41 Å². The molecule has 0 spiro atoms. The summed E-state index contributed by atoms with van der Waals surface area (Å²) in [5.41, 5.74) is 1.56. The van der Waals surface area contributed by atoms with Gasteiger partial charge >= 0.3 is 0 Å². The monoisotopic (exact) mass is 282 g/mol. The smallest absolute Gasteiger partial charge is 0.123 e. The second-order valence-corrected chi connectivity index (χ2v) is 6.17. The van der Waals surface area contributed by atoms with Crippen molar-refractivity contribution in [1.82, 2.24) is 0 Å². The summed E-state index contributed by atoms with van der Waals surface area (Å²) in [6.07, 6.45) is 5.14. The Balaban J connectivity index is 1.77. The lowest BCUT2D eigenvalue weighted by Gasteiger charge is -2.28. The number of halogens is 2. The average Bonchev–Trinajstić information content (AvgIpc) is 2.87. The van der Waals surface area contributed by atoms with E-state index in [4.69, 9.17) is 0 Å². The minimum atomic E-state index is -0.106. The van der Waals surface area contributed by atoms with Crippen LogP contribution in [0.3, 0.4) is 0 Å². The Morgan fingerprint density at radius 1 is 1.31 bits per heavy atom. The second kappa shape index (κ2) is 3.83. The van der Waals surface area contributed by atoms with Crippen LogP contribution in [0.25, 0.3) is 0 Å². The summed E-state index contributed by atoms with van der Waals surface area (Å²) < 4.78 is 13.1. The molecule has 0 amide bonds. The molecule has 0 N–H and O–H groups in total. The molecule has 0 aromatic heterocycles. The molecule has 2 heteroatoms. The van der Waals surface area contributed by atoms with E-state index in [2.05, 4.69) is 22.0 Å². The van der Waals surface area contributed by atoms with Gasteiger partial charge < -0.3 is 0 Å². The average molecular weight is 283 g/mol. The summed E-state index contributed by atoms with van der Waals surface area (Å²) in [6, 6.07) is 7.09. The molecule has 0 radical (unpaired) electrons. The van der Waals surface area contributed by atoms with E-state index < -0.39 is 0 Å². The van der Waals surface area contributed by atoms with E-state index in [1.807, 2.05) is 6.07 Å². The third-order valence-electron chi connectivity index (χ3n) is 4.21. The Kier molecular flexibility index (Phi) is 2.58. The normalized spacial score (nSPS) is 36.1. The molecule has 0 heterocycles. The predicted molar refractivity (Wildman–Crippen MR) is 67.2 cm³/mol. The largest absolute Gasteiger partial charge is 0.207 e. The molecular weight excluding hydrogens is 267 g/mol. The molecule has 1 aromatic rings. The van der Waals surface area contributed by atoms with Crippen LogP contribution in [0.1, 0.15) is 24.8 Å². The van der Waals surface area contributed by atoms with Gasteiger partial charge in [0.2, 0.25) is 0 Å². The molecule has 2 atom stereocenters. The van der Waals surface area contributed by atoms with Crippen LogP contribution in [-0.4, -0.2) is 5.33 Å². The Morgan fingerprint density at radius 2 is 2.06 bits per heavy atom. The zero-order chi connectivity index (χ0) is 11.2. The summed E-state index contributed by atoms with van der Waals surface area (Å²) in [4.78, 5) is 0. The van der Waals surface area contributed by atoms with Crippen LogP contribution >= 0.6 is 15.9 Å². The Labute approximate surface area is 104 Å². The number of benzene rings is 1. The van der Waals surface area contributed by atoms with Crippen LogP contribution in [0, 0.1) is 23.1 Å². The number of hydrogen-bond acceptors (Lipinski definition) is 0. The lowest BCUT2D eigenvalue weighted by molar-refractivity contribution is 0.308.